The first-order valence-corrected chi connectivity index (χ1v) is 15.7. The molecular formula is C32H30Cl2FN3O4S. The summed E-state index contributed by atoms with van der Waals surface area (Å²) >= 11 is 12.4. The van der Waals surface area contributed by atoms with Crippen molar-refractivity contribution in [3.63, 3.8) is 0 Å². The number of rotatable bonds is 12. The number of hydrogen-bond acceptors (Lipinski definition) is 4. The quantitative estimate of drug-likeness (QED) is 0.202. The molecule has 0 heterocycles. The Morgan fingerprint density at radius 2 is 1.47 bits per heavy atom. The van der Waals surface area contributed by atoms with Crippen molar-refractivity contribution in [2.24, 2.45) is 0 Å². The third-order valence-electron chi connectivity index (χ3n) is 6.69. The number of carbonyl (C=O) groups excluding carboxylic acids is 2. The molecule has 1 atom stereocenters. The summed E-state index contributed by atoms with van der Waals surface area (Å²) in [5.74, 6) is -1.97. The van der Waals surface area contributed by atoms with E-state index in [1.807, 2.05) is 30.3 Å². The zero-order valence-electron chi connectivity index (χ0n) is 23.3. The zero-order chi connectivity index (χ0) is 31.0. The standard InChI is InChI=1S/C32H30Cl2FN3O4S/c1-2-36-32(40)30(20-23-11-5-3-6-12-23)37(21-24-17-18-26(33)27(34)19-24)31(39)22-38(29-16-10-9-15-28(29)35)43(41,42)25-13-7-4-8-14-25/h3-19,30H,2,20-22H2,1H3,(H,36,40)/t30-/m0/s1. The third kappa shape index (κ3) is 7.93. The Kier molecular flexibility index (Phi) is 10.8. The molecule has 4 aromatic carbocycles. The third-order valence-corrected chi connectivity index (χ3v) is 9.20. The van der Waals surface area contributed by atoms with Crippen molar-refractivity contribution >= 4 is 50.7 Å². The summed E-state index contributed by atoms with van der Waals surface area (Å²) in [5.41, 5.74) is 1.05. The molecule has 0 aromatic heterocycles. The van der Waals surface area contributed by atoms with Crippen LogP contribution in [0.2, 0.25) is 10.0 Å². The molecule has 7 nitrogen and oxygen atoms in total. The summed E-state index contributed by atoms with van der Waals surface area (Å²) in [5, 5.41) is 3.35. The lowest BCUT2D eigenvalue weighted by atomic mass is 10.0. The Hall–Kier alpha value is -3.92. The van der Waals surface area contributed by atoms with E-state index < -0.39 is 40.2 Å². The van der Waals surface area contributed by atoms with E-state index in [1.165, 1.54) is 47.4 Å². The number of nitrogens with one attached hydrogen (secondary N) is 1. The molecule has 43 heavy (non-hydrogen) atoms. The average molecular weight is 643 g/mol. The normalized spacial score (nSPS) is 11.9. The van der Waals surface area contributed by atoms with Crippen molar-refractivity contribution < 1.29 is 22.4 Å². The maximum absolute atomic E-state index is 15.1. The Labute approximate surface area is 260 Å². The topological polar surface area (TPSA) is 86.8 Å². The lowest BCUT2D eigenvalue weighted by Gasteiger charge is -2.34. The van der Waals surface area contributed by atoms with Gasteiger partial charge < -0.3 is 10.2 Å². The minimum atomic E-state index is -4.40. The highest BCUT2D eigenvalue weighted by Gasteiger charge is 2.35. The van der Waals surface area contributed by atoms with Gasteiger partial charge in [0.2, 0.25) is 11.8 Å². The maximum atomic E-state index is 15.1. The molecule has 11 heteroatoms. The van der Waals surface area contributed by atoms with Gasteiger partial charge in [0, 0.05) is 19.5 Å². The molecule has 1 N–H and O–H groups in total. The first kappa shape index (κ1) is 32.0. The summed E-state index contributed by atoms with van der Waals surface area (Å²) < 4.78 is 43.6. The van der Waals surface area contributed by atoms with Crippen LogP contribution >= 0.6 is 23.2 Å². The van der Waals surface area contributed by atoms with Gasteiger partial charge in [-0.2, -0.15) is 0 Å². The van der Waals surface area contributed by atoms with Gasteiger partial charge in [-0.3, -0.25) is 13.9 Å². The van der Waals surface area contributed by atoms with Crippen molar-refractivity contribution in [1.29, 1.82) is 0 Å². The molecule has 0 aliphatic carbocycles. The van der Waals surface area contributed by atoms with Crippen molar-refractivity contribution in [2.75, 3.05) is 17.4 Å². The number of halogens is 3. The molecular weight excluding hydrogens is 612 g/mol. The van der Waals surface area contributed by atoms with Gasteiger partial charge >= 0.3 is 0 Å². The van der Waals surface area contributed by atoms with Gasteiger partial charge in [-0.25, -0.2) is 12.8 Å². The molecule has 0 unspecified atom stereocenters. The predicted molar refractivity (Wildman–Crippen MR) is 167 cm³/mol. The van der Waals surface area contributed by atoms with Crippen LogP contribution in [-0.4, -0.2) is 44.3 Å². The van der Waals surface area contributed by atoms with Gasteiger partial charge in [0.25, 0.3) is 10.0 Å². The molecule has 0 spiro atoms. The van der Waals surface area contributed by atoms with Gasteiger partial charge in [-0.05, 0) is 54.4 Å². The number of nitrogens with zero attached hydrogens (tertiary/aromatic N) is 2. The van der Waals surface area contributed by atoms with Crippen molar-refractivity contribution in [2.45, 2.75) is 30.8 Å². The lowest BCUT2D eigenvalue weighted by Crippen LogP contribution is -2.53. The van der Waals surface area contributed by atoms with Crippen LogP contribution in [0.15, 0.2) is 108 Å². The van der Waals surface area contributed by atoms with Gasteiger partial charge in [0.1, 0.15) is 18.4 Å². The van der Waals surface area contributed by atoms with Crippen LogP contribution in [0, 0.1) is 5.82 Å². The van der Waals surface area contributed by atoms with Crippen molar-refractivity contribution in [3.05, 3.63) is 130 Å². The number of benzene rings is 4. The molecule has 0 saturated carbocycles. The van der Waals surface area contributed by atoms with Gasteiger partial charge in [0.05, 0.1) is 20.6 Å². The number of hydrogen-bond donors (Lipinski definition) is 1. The molecule has 0 saturated heterocycles. The highest BCUT2D eigenvalue weighted by Crippen LogP contribution is 2.28. The first-order chi connectivity index (χ1) is 20.6. The summed E-state index contributed by atoms with van der Waals surface area (Å²) in [6, 6.07) is 25.7. The number of sulfonamides is 1. The second-order valence-electron chi connectivity index (χ2n) is 9.65. The molecule has 2 amide bonds. The van der Waals surface area contributed by atoms with E-state index in [2.05, 4.69) is 5.32 Å². The highest BCUT2D eigenvalue weighted by molar-refractivity contribution is 7.92. The molecule has 0 fully saturated rings. The number of para-hydroxylation sites is 1. The largest absolute Gasteiger partial charge is 0.355 e. The minimum absolute atomic E-state index is 0.0964. The number of amides is 2. The maximum Gasteiger partial charge on any atom is 0.264 e. The fourth-order valence-corrected chi connectivity index (χ4v) is 6.33. The van der Waals surface area contributed by atoms with Crippen LogP contribution in [0.3, 0.4) is 0 Å². The van der Waals surface area contributed by atoms with E-state index in [-0.39, 0.29) is 28.6 Å². The summed E-state index contributed by atoms with van der Waals surface area (Å²) in [4.78, 5) is 28.9. The Morgan fingerprint density at radius 3 is 2.09 bits per heavy atom. The van der Waals surface area contributed by atoms with Crippen molar-refractivity contribution in [1.82, 2.24) is 10.2 Å². The fourth-order valence-electron chi connectivity index (χ4n) is 4.57. The molecule has 224 valence electrons. The first-order valence-electron chi connectivity index (χ1n) is 13.5. The molecule has 4 rings (SSSR count). The summed E-state index contributed by atoms with van der Waals surface area (Å²) in [7, 11) is -4.40. The van der Waals surface area contributed by atoms with E-state index in [1.54, 1.807) is 31.2 Å². The SMILES string of the molecule is CCNC(=O)[C@H](Cc1ccccc1)N(Cc1ccc(Cl)c(Cl)c1)C(=O)CN(c1ccccc1F)S(=O)(=O)c1ccccc1. The molecule has 0 aliphatic heterocycles. The number of anilines is 1. The average Bonchev–Trinajstić information content (AvgIpc) is 3.00. The van der Waals surface area contributed by atoms with E-state index in [9.17, 15) is 18.0 Å². The molecule has 4 aromatic rings. The molecule has 0 aliphatic rings. The van der Waals surface area contributed by atoms with Crippen LogP contribution in [0.5, 0.6) is 0 Å². The van der Waals surface area contributed by atoms with E-state index in [4.69, 9.17) is 23.2 Å². The van der Waals surface area contributed by atoms with Gasteiger partial charge in [-0.15, -0.1) is 0 Å². The fraction of sp³-hybridized carbons (Fsp3) is 0.188. The summed E-state index contributed by atoms with van der Waals surface area (Å²) in [6.07, 6.45) is 0.144. The van der Waals surface area contributed by atoms with Gasteiger partial charge in [-0.1, -0.05) is 89.9 Å². The Morgan fingerprint density at radius 1 is 0.837 bits per heavy atom. The zero-order valence-corrected chi connectivity index (χ0v) is 25.6. The Bertz CT molecular complexity index is 1670. The van der Waals surface area contributed by atoms with Crippen molar-refractivity contribution in [3.8, 4) is 0 Å². The smallest absolute Gasteiger partial charge is 0.264 e. The van der Waals surface area contributed by atoms with Crippen LogP contribution < -0.4 is 9.62 Å². The second kappa shape index (κ2) is 14.5. The predicted octanol–water partition coefficient (Wildman–Crippen LogP) is 6.10. The number of carbonyl (C=O) groups is 2. The van der Waals surface area contributed by atoms with Crippen LogP contribution in [0.4, 0.5) is 10.1 Å². The molecule has 0 radical (unpaired) electrons. The minimum Gasteiger partial charge on any atom is -0.355 e. The second-order valence-corrected chi connectivity index (χ2v) is 12.3. The Balaban J connectivity index is 1.81. The van der Waals surface area contributed by atoms with Crippen LogP contribution in [0.25, 0.3) is 0 Å². The number of likely N-dealkylation sites (N-methyl/N-ethyl adjacent to an activating group) is 1. The van der Waals surface area contributed by atoms with Gasteiger partial charge in [0.15, 0.2) is 0 Å². The molecule has 0 bridgehead atoms. The van der Waals surface area contributed by atoms with E-state index in [0.29, 0.717) is 17.1 Å². The van der Waals surface area contributed by atoms with E-state index >= 15 is 4.39 Å². The van der Waals surface area contributed by atoms with Crippen LogP contribution in [0.1, 0.15) is 18.1 Å². The van der Waals surface area contributed by atoms with E-state index in [0.717, 1.165) is 15.9 Å². The highest BCUT2D eigenvalue weighted by atomic mass is 35.5. The lowest BCUT2D eigenvalue weighted by molar-refractivity contribution is -0.140. The monoisotopic (exact) mass is 641 g/mol. The summed E-state index contributed by atoms with van der Waals surface area (Å²) in [6.45, 7) is 1.20. The van der Waals surface area contributed by atoms with Crippen LogP contribution in [-0.2, 0) is 32.6 Å².